The van der Waals surface area contributed by atoms with Gasteiger partial charge in [-0.2, -0.15) is 0 Å². The summed E-state index contributed by atoms with van der Waals surface area (Å²) >= 11 is 0. The van der Waals surface area contributed by atoms with Gasteiger partial charge in [0.05, 0.1) is 12.7 Å². The van der Waals surface area contributed by atoms with Crippen molar-refractivity contribution in [2.75, 3.05) is 26.7 Å². The molecule has 1 fully saturated rings. The van der Waals surface area contributed by atoms with E-state index in [0.29, 0.717) is 19.1 Å². The zero-order valence-electron chi connectivity index (χ0n) is 8.58. The van der Waals surface area contributed by atoms with Crippen LogP contribution in [0, 0.1) is 0 Å². The smallest absolute Gasteiger partial charge is 0.132 e. The van der Waals surface area contributed by atoms with Crippen molar-refractivity contribution in [3.63, 3.8) is 0 Å². The quantitative estimate of drug-likeness (QED) is 0.656. The van der Waals surface area contributed by atoms with E-state index in [9.17, 15) is 4.79 Å². The molecule has 0 saturated carbocycles. The molecule has 1 aliphatic heterocycles. The van der Waals surface area contributed by atoms with Gasteiger partial charge in [-0.3, -0.25) is 4.79 Å². The Kier molecular flexibility index (Phi) is 4.39. The Balaban J connectivity index is 2.05. The van der Waals surface area contributed by atoms with Crippen LogP contribution in [0.15, 0.2) is 0 Å². The number of ether oxygens (including phenoxy) is 1. The largest absolute Gasteiger partial charge is 0.378 e. The van der Waals surface area contributed by atoms with Crippen LogP contribution in [0.5, 0.6) is 0 Å². The Hall–Kier alpha value is -0.410. The third-order valence-corrected chi connectivity index (χ3v) is 2.47. The first-order valence-electron chi connectivity index (χ1n) is 4.98. The molecule has 0 aromatic heterocycles. The van der Waals surface area contributed by atoms with Crippen LogP contribution in [-0.2, 0) is 9.53 Å². The number of Topliss-reactive ketones (excluding diaryl/α,β-unsaturated/α-hetero) is 1. The molecule has 0 aromatic rings. The van der Waals surface area contributed by atoms with Crippen molar-refractivity contribution in [1.29, 1.82) is 0 Å². The molecule has 0 bridgehead atoms. The summed E-state index contributed by atoms with van der Waals surface area (Å²) in [4.78, 5) is 13.0. The Morgan fingerprint density at radius 2 is 2.08 bits per heavy atom. The van der Waals surface area contributed by atoms with Gasteiger partial charge in [0.25, 0.3) is 0 Å². The minimum absolute atomic E-state index is 0.216. The van der Waals surface area contributed by atoms with Gasteiger partial charge in [-0.25, -0.2) is 0 Å². The van der Waals surface area contributed by atoms with Gasteiger partial charge in [0, 0.05) is 19.5 Å². The van der Waals surface area contributed by atoms with E-state index in [1.165, 1.54) is 0 Å². The summed E-state index contributed by atoms with van der Waals surface area (Å²) in [6.45, 7) is 4.44. The van der Waals surface area contributed by atoms with Crippen molar-refractivity contribution in [3.05, 3.63) is 0 Å². The van der Waals surface area contributed by atoms with E-state index < -0.39 is 0 Å². The first-order valence-corrected chi connectivity index (χ1v) is 4.98. The zero-order valence-corrected chi connectivity index (χ0v) is 8.58. The second-order valence-electron chi connectivity index (χ2n) is 3.83. The molecule has 0 radical (unpaired) electrons. The minimum Gasteiger partial charge on any atom is -0.378 e. The molecule has 1 saturated heterocycles. The van der Waals surface area contributed by atoms with Gasteiger partial charge in [0.2, 0.25) is 0 Å². The van der Waals surface area contributed by atoms with Gasteiger partial charge in [-0.05, 0) is 26.8 Å². The lowest BCUT2D eigenvalue weighted by atomic mass is 10.1. The van der Waals surface area contributed by atoms with Gasteiger partial charge in [0.1, 0.15) is 5.78 Å². The lowest BCUT2D eigenvalue weighted by molar-refractivity contribution is -0.118. The summed E-state index contributed by atoms with van der Waals surface area (Å²) in [6.07, 6.45) is 3.16. The Labute approximate surface area is 80.1 Å². The summed E-state index contributed by atoms with van der Waals surface area (Å²) in [6, 6.07) is 0. The third-order valence-electron chi connectivity index (χ3n) is 2.47. The molecule has 13 heavy (non-hydrogen) atoms. The fourth-order valence-electron chi connectivity index (χ4n) is 1.52. The molecule has 0 N–H and O–H groups in total. The average molecular weight is 185 g/mol. The van der Waals surface area contributed by atoms with Gasteiger partial charge in [-0.15, -0.1) is 0 Å². The van der Waals surface area contributed by atoms with Gasteiger partial charge in [0.15, 0.2) is 0 Å². The van der Waals surface area contributed by atoms with Crippen LogP contribution in [0.4, 0.5) is 0 Å². The van der Waals surface area contributed by atoms with Crippen LogP contribution >= 0.6 is 0 Å². The SMILES string of the molecule is CC(=O)CCOC1CCN(C)CC1. The monoisotopic (exact) mass is 185 g/mol. The van der Waals surface area contributed by atoms with E-state index in [2.05, 4.69) is 11.9 Å². The highest BCUT2D eigenvalue weighted by atomic mass is 16.5. The number of piperidine rings is 1. The van der Waals surface area contributed by atoms with E-state index in [0.717, 1.165) is 25.9 Å². The number of hydrogen-bond acceptors (Lipinski definition) is 3. The highest BCUT2D eigenvalue weighted by Gasteiger charge is 2.16. The molecule has 0 amide bonds. The normalized spacial score (nSPS) is 20.5. The first-order chi connectivity index (χ1) is 6.18. The van der Waals surface area contributed by atoms with Crippen molar-refractivity contribution in [2.45, 2.75) is 32.3 Å². The van der Waals surface area contributed by atoms with Gasteiger partial charge >= 0.3 is 0 Å². The Morgan fingerprint density at radius 1 is 1.46 bits per heavy atom. The van der Waals surface area contributed by atoms with Crippen molar-refractivity contribution in [1.82, 2.24) is 4.90 Å². The maximum Gasteiger partial charge on any atom is 0.132 e. The van der Waals surface area contributed by atoms with Crippen LogP contribution in [0.2, 0.25) is 0 Å². The standard InChI is InChI=1S/C10H19NO2/c1-9(12)5-8-13-10-3-6-11(2)7-4-10/h10H,3-8H2,1-2H3. The van der Waals surface area contributed by atoms with E-state index in [-0.39, 0.29) is 5.78 Å². The van der Waals surface area contributed by atoms with E-state index >= 15 is 0 Å². The summed E-state index contributed by atoms with van der Waals surface area (Å²) in [5, 5.41) is 0. The zero-order chi connectivity index (χ0) is 9.68. The van der Waals surface area contributed by atoms with Crippen LogP contribution in [-0.4, -0.2) is 43.5 Å². The molecular formula is C10H19NO2. The van der Waals surface area contributed by atoms with Crippen LogP contribution in [0.1, 0.15) is 26.2 Å². The van der Waals surface area contributed by atoms with E-state index in [1.807, 2.05) is 0 Å². The molecule has 76 valence electrons. The van der Waals surface area contributed by atoms with E-state index in [4.69, 9.17) is 4.74 Å². The number of carbonyl (C=O) groups is 1. The number of likely N-dealkylation sites (tertiary alicyclic amines) is 1. The third kappa shape index (κ3) is 4.39. The first kappa shape index (κ1) is 10.7. The lowest BCUT2D eigenvalue weighted by Gasteiger charge is -2.28. The molecule has 0 aromatic carbocycles. The summed E-state index contributed by atoms with van der Waals surface area (Å²) in [5.74, 6) is 0.216. The molecule has 3 heteroatoms. The van der Waals surface area contributed by atoms with Gasteiger partial charge < -0.3 is 9.64 Å². The number of hydrogen-bond donors (Lipinski definition) is 0. The number of nitrogens with zero attached hydrogens (tertiary/aromatic N) is 1. The maximum absolute atomic E-state index is 10.6. The van der Waals surface area contributed by atoms with Crippen molar-refractivity contribution < 1.29 is 9.53 Å². The molecule has 3 nitrogen and oxygen atoms in total. The molecule has 1 aliphatic rings. The highest BCUT2D eigenvalue weighted by Crippen LogP contribution is 2.12. The predicted octanol–water partition coefficient (Wildman–Crippen LogP) is 1.08. The Morgan fingerprint density at radius 3 is 2.62 bits per heavy atom. The molecule has 1 rings (SSSR count). The minimum atomic E-state index is 0.216. The maximum atomic E-state index is 10.6. The number of carbonyl (C=O) groups excluding carboxylic acids is 1. The summed E-state index contributed by atoms with van der Waals surface area (Å²) < 4.78 is 5.59. The molecule has 0 aliphatic carbocycles. The molecule has 1 heterocycles. The Bertz CT molecular complexity index is 162. The average Bonchev–Trinajstić information content (AvgIpc) is 2.08. The van der Waals surface area contributed by atoms with Crippen LogP contribution in [0.3, 0.4) is 0 Å². The fraction of sp³-hybridized carbons (Fsp3) is 0.900. The summed E-state index contributed by atoms with van der Waals surface area (Å²) in [5.41, 5.74) is 0. The topological polar surface area (TPSA) is 29.5 Å². The second-order valence-corrected chi connectivity index (χ2v) is 3.83. The number of ketones is 1. The molecule has 0 spiro atoms. The van der Waals surface area contributed by atoms with E-state index in [1.54, 1.807) is 6.92 Å². The number of rotatable bonds is 4. The second kappa shape index (κ2) is 5.35. The summed E-state index contributed by atoms with van der Waals surface area (Å²) in [7, 11) is 2.13. The van der Waals surface area contributed by atoms with Gasteiger partial charge in [-0.1, -0.05) is 0 Å². The van der Waals surface area contributed by atoms with Crippen molar-refractivity contribution >= 4 is 5.78 Å². The van der Waals surface area contributed by atoms with Crippen LogP contribution in [0.25, 0.3) is 0 Å². The highest BCUT2D eigenvalue weighted by molar-refractivity contribution is 5.75. The van der Waals surface area contributed by atoms with Crippen molar-refractivity contribution in [3.8, 4) is 0 Å². The molecule has 0 atom stereocenters. The van der Waals surface area contributed by atoms with Crippen molar-refractivity contribution in [2.24, 2.45) is 0 Å². The molecular weight excluding hydrogens is 166 g/mol. The lowest BCUT2D eigenvalue weighted by Crippen LogP contribution is -2.34. The predicted molar refractivity (Wildman–Crippen MR) is 51.8 cm³/mol. The fourth-order valence-corrected chi connectivity index (χ4v) is 1.52. The molecule has 0 unspecified atom stereocenters. The van der Waals surface area contributed by atoms with Crippen LogP contribution < -0.4 is 0 Å².